The lowest BCUT2D eigenvalue weighted by Crippen LogP contribution is -2.08. The number of nitrogens with one attached hydrogen (secondary N) is 1. The zero-order chi connectivity index (χ0) is 19.2. The number of carbonyl (C=O) groups excluding carboxylic acids is 1. The number of nitrogens with zero attached hydrogens (tertiary/aromatic N) is 1. The lowest BCUT2D eigenvalue weighted by molar-refractivity contribution is -0.111. The Morgan fingerprint density at radius 2 is 2.07 bits per heavy atom. The van der Waals surface area contributed by atoms with Crippen LogP contribution in [0, 0.1) is 13.8 Å². The second kappa shape index (κ2) is 8.84. The molecule has 1 heterocycles. The summed E-state index contributed by atoms with van der Waals surface area (Å²) in [5, 5.41) is 6.28. The van der Waals surface area contributed by atoms with Crippen molar-refractivity contribution in [1.82, 2.24) is 4.98 Å². The predicted molar refractivity (Wildman–Crippen MR) is 111 cm³/mol. The third kappa shape index (κ3) is 5.42. The zero-order valence-electron chi connectivity index (χ0n) is 15.0. The Morgan fingerprint density at radius 3 is 2.81 bits per heavy atom. The normalized spacial score (nSPS) is 10.9. The summed E-state index contributed by atoms with van der Waals surface area (Å²) >= 11 is 7.75. The van der Waals surface area contributed by atoms with E-state index in [4.69, 9.17) is 16.3 Å². The fourth-order valence-electron chi connectivity index (χ4n) is 2.44. The minimum absolute atomic E-state index is 0.259. The van der Waals surface area contributed by atoms with Crippen LogP contribution < -0.4 is 10.1 Å². The molecule has 6 heteroatoms. The fourth-order valence-corrected chi connectivity index (χ4v) is 3.32. The van der Waals surface area contributed by atoms with Crippen molar-refractivity contribution in [3.05, 3.63) is 80.8 Å². The van der Waals surface area contributed by atoms with Crippen LogP contribution in [0.3, 0.4) is 0 Å². The van der Waals surface area contributed by atoms with Crippen LogP contribution in [0.5, 0.6) is 5.75 Å². The average molecular weight is 399 g/mol. The van der Waals surface area contributed by atoms with Crippen molar-refractivity contribution in [2.75, 3.05) is 5.32 Å². The Labute approximate surface area is 167 Å². The molecule has 0 bridgehead atoms. The van der Waals surface area contributed by atoms with Crippen LogP contribution >= 0.6 is 22.9 Å². The Hall–Kier alpha value is -2.63. The number of hydrogen-bond acceptors (Lipinski definition) is 4. The molecule has 3 rings (SSSR count). The van der Waals surface area contributed by atoms with Gasteiger partial charge in [0.1, 0.15) is 12.4 Å². The van der Waals surface area contributed by atoms with Gasteiger partial charge in [-0.05, 0) is 43.7 Å². The van der Waals surface area contributed by atoms with Gasteiger partial charge in [-0.1, -0.05) is 35.9 Å². The molecule has 3 aromatic rings. The molecule has 0 aliphatic rings. The molecule has 0 unspecified atom stereocenters. The van der Waals surface area contributed by atoms with E-state index in [-0.39, 0.29) is 5.91 Å². The van der Waals surface area contributed by atoms with Gasteiger partial charge in [0, 0.05) is 17.0 Å². The van der Waals surface area contributed by atoms with E-state index in [9.17, 15) is 4.79 Å². The van der Waals surface area contributed by atoms with Crippen molar-refractivity contribution < 1.29 is 9.53 Å². The molecule has 4 nitrogen and oxygen atoms in total. The molecule has 0 radical (unpaired) electrons. The lowest BCUT2D eigenvalue weighted by atomic mass is 10.2. The number of ether oxygens (including phenoxy) is 1. The molecule has 138 valence electrons. The minimum atomic E-state index is -0.259. The Morgan fingerprint density at radius 1 is 1.26 bits per heavy atom. The van der Waals surface area contributed by atoms with Crippen molar-refractivity contribution in [2.45, 2.75) is 20.5 Å². The van der Waals surface area contributed by atoms with Gasteiger partial charge < -0.3 is 10.1 Å². The number of benzene rings is 2. The van der Waals surface area contributed by atoms with Gasteiger partial charge in [-0.15, -0.1) is 11.3 Å². The largest absolute Gasteiger partial charge is 0.487 e. The molecule has 27 heavy (non-hydrogen) atoms. The summed E-state index contributed by atoms with van der Waals surface area (Å²) in [4.78, 5) is 16.6. The van der Waals surface area contributed by atoms with E-state index >= 15 is 0 Å². The third-order valence-corrected chi connectivity index (χ3v) is 4.89. The maximum absolute atomic E-state index is 12.2. The summed E-state index contributed by atoms with van der Waals surface area (Å²) in [5.41, 5.74) is 3.33. The smallest absolute Gasteiger partial charge is 0.248 e. The number of rotatable bonds is 6. The lowest BCUT2D eigenvalue weighted by Gasteiger charge is -2.08. The van der Waals surface area contributed by atoms with Gasteiger partial charge in [-0.25, -0.2) is 4.98 Å². The van der Waals surface area contributed by atoms with Gasteiger partial charge >= 0.3 is 0 Å². The second-order valence-corrected chi connectivity index (χ2v) is 7.46. The number of anilines is 1. The summed E-state index contributed by atoms with van der Waals surface area (Å²) < 4.78 is 5.86. The molecule has 0 aliphatic carbocycles. The van der Waals surface area contributed by atoms with Crippen molar-refractivity contribution in [1.29, 1.82) is 0 Å². The minimum Gasteiger partial charge on any atom is -0.487 e. The molecule has 0 spiro atoms. The highest BCUT2D eigenvalue weighted by molar-refractivity contribution is 7.09. The summed E-state index contributed by atoms with van der Waals surface area (Å²) in [6.45, 7) is 4.30. The molecule has 0 aliphatic heterocycles. The standard InChI is InChI=1S/C21H19ClN2O2S/c1-14-7-9-19(18(22)11-14)24-21(25)10-8-16-5-3-4-6-20(16)26-12-17-13-27-15(2)23-17/h3-11,13H,12H2,1-2H3,(H,24,25). The number of amides is 1. The number of carbonyl (C=O) groups is 1. The van der Waals surface area contributed by atoms with Crippen molar-refractivity contribution in [3.63, 3.8) is 0 Å². The van der Waals surface area contributed by atoms with Crippen LogP contribution in [0.4, 0.5) is 5.69 Å². The van der Waals surface area contributed by atoms with E-state index in [1.165, 1.54) is 6.08 Å². The van der Waals surface area contributed by atoms with Crippen LogP contribution in [0.2, 0.25) is 5.02 Å². The first-order valence-electron chi connectivity index (χ1n) is 8.39. The average Bonchev–Trinajstić information content (AvgIpc) is 3.06. The van der Waals surface area contributed by atoms with Gasteiger partial charge in [-0.3, -0.25) is 4.79 Å². The number of halogens is 1. The second-order valence-electron chi connectivity index (χ2n) is 5.99. The van der Waals surface area contributed by atoms with Gasteiger partial charge in [0.15, 0.2) is 0 Å². The molecule has 1 amide bonds. The molecule has 1 N–H and O–H groups in total. The maximum Gasteiger partial charge on any atom is 0.248 e. The molecule has 1 aromatic heterocycles. The Bertz CT molecular complexity index is 982. The first-order chi connectivity index (χ1) is 13.0. The maximum atomic E-state index is 12.2. The first kappa shape index (κ1) is 19.1. The number of hydrogen-bond donors (Lipinski definition) is 1. The Kier molecular flexibility index (Phi) is 6.27. The number of aromatic nitrogens is 1. The predicted octanol–water partition coefficient (Wildman–Crippen LogP) is 5.64. The Balaban J connectivity index is 1.66. The highest BCUT2D eigenvalue weighted by Crippen LogP contribution is 2.24. The number of thiazole rings is 1. The van der Waals surface area contributed by atoms with Gasteiger partial charge in [-0.2, -0.15) is 0 Å². The van der Waals surface area contributed by atoms with Gasteiger partial charge in [0.25, 0.3) is 0 Å². The fraction of sp³-hybridized carbons (Fsp3) is 0.143. The third-order valence-electron chi connectivity index (χ3n) is 3.76. The van der Waals surface area contributed by atoms with Crippen molar-refractivity contribution in [3.8, 4) is 5.75 Å². The zero-order valence-corrected chi connectivity index (χ0v) is 16.6. The van der Waals surface area contributed by atoms with Crippen molar-refractivity contribution in [2.24, 2.45) is 0 Å². The van der Waals surface area contributed by atoms with Crippen LogP contribution in [-0.2, 0) is 11.4 Å². The van der Waals surface area contributed by atoms with E-state index in [0.717, 1.165) is 21.8 Å². The molecule has 2 aromatic carbocycles. The molecule has 0 fully saturated rings. The summed E-state index contributed by atoms with van der Waals surface area (Å²) in [5.74, 6) is 0.436. The van der Waals surface area contributed by atoms with Crippen molar-refractivity contribution >= 4 is 40.6 Å². The van der Waals surface area contributed by atoms with Crippen LogP contribution in [-0.4, -0.2) is 10.9 Å². The summed E-state index contributed by atoms with van der Waals surface area (Å²) in [7, 11) is 0. The van der Waals surface area contributed by atoms with Crippen LogP contribution in [0.15, 0.2) is 53.9 Å². The molecule has 0 atom stereocenters. The van der Waals surface area contributed by atoms with Gasteiger partial charge in [0.2, 0.25) is 5.91 Å². The van der Waals surface area contributed by atoms with E-state index in [2.05, 4.69) is 10.3 Å². The SMILES string of the molecule is Cc1ccc(NC(=O)C=Cc2ccccc2OCc2csc(C)n2)c(Cl)c1. The molecular weight excluding hydrogens is 380 g/mol. The van der Waals surface area contributed by atoms with E-state index in [1.54, 1.807) is 23.5 Å². The van der Waals surface area contributed by atoms with E-state index in [1.807, 2.05) is 55.6 Å². The van der Waals surface area contributed by atoms with E-state index in [0.29, 0.717) is 23.1 Å². The van der Waals surface area contributed by atoms with Crippen LogP contribution in [0.1, 0.15) is 21.8 Å². The van der Waals surface area contributed by atoms with Crippen LogP contribution in [0.25, 0.3) is 6.08 Å². The highest BCUT2D eigenvalue weighted by Gasteiger charge is 2.06. The molecular formula is C21H19ClN2O2S. The monoisotopic (exact) mass is 398 g/mol. The topological polar surface area (TPSA) is 51.2 Å². The number of para-hydroxylation sites is 1. The highest BCUT2D eigenvalue weighted by atomic mass is 35.5. The van der Waals surface area contributed by atoms with E-state index < -0.39 is 0 Å². The molecule has 0 saturated heterocycles. The number of aryl methyl sites for hydroxylation is 2. The van der Waals surface area contributed by atoms with Gasteiger partial charge in [0.05, 0.1) is 21.4 Å². The summed E-state index contributed by atoms with van der Waals surface area (Å²) in [6.07, 6.45) is 3.18. The quantitative estimate of drug-likeness (QED) is 0.546. The first-order valence-corrected chi connectivity index (χ1v) is 9.65. The summed E-state index contributed by atoms with van der Waals surface area (Å²) in [6, 6.07) is 13.0. The molecule has 0 saturated carbocycles.